The number of benzene rings is 1. The van der Waals surface area contributed by atoms with E-state index in [1.165, 1.54) is 0 Å². The number of hydrogen-bond acceptors (Lipinski definition) is 4. The van der Waals surface area contributed by atoms with Crippen molar-refractivity contribution in [2.45, 2.75) is 53.8 Å². The van der Waals surface area contributed by atoms with Gasteiger partial charge in [-0.3, -0.25) is 0 Å². The zero-order valence-corrected chi connectivity index (χ0v) is 19.8. The van der Waals surface area contributed by atoms with Gasteiger partial charge in [0, 0.05) is 46.8 Å². The van der Waals surface area contributed by atoms with Gasteiger partial charge in [0.05, 0.1) is 12.2 Å². The van der Waals surface area contributed by atoms with Crippen molar-refractivity contribution >= 4 is 34.9 Å². The van der Waals surface area contributed by atoms with Gasteiger partial charge in [-0.25, -0.2) is 4.98 Å². The molecule has 0 radical (unpaired) electrons. The highest BCUT2D eigenvalue weighted by molar-refractivity contribution is 6.30. The third kappa shape index (κ3) is 5.87. The fraction of sp³-hybridized carbons (Fsp3) is 0.400. The zero-order valence-electron chi connectivity index (χ0n) is 19.0. The van der Waals surface area contributed by atoms with Crippen molar-refractivity contribution in [2.75, 3.05) is 18.4 Å². The number of aromatic nitrogens is 1. The topological polar surface area (TPSA) is 37.4 Å². The minimum absolute atomic E-state index is 0.188. The largest absolute Gasteiger partial charge is 0.372 e. The van der Waals surface area contributed by atoms with Crippen LogP contribution >= 0.6 is 11.6 Å². The van der Waals surface area contributed by atoms with Crippen LogP contribution in [0, 0.1) is 6.92 Å². The average Bonchev–Trinajstić information content (AvgIpc) is 2.71. The first-order chi connectivity index (χ1) is 14.4. The van der Waals surface area contributed by atoms with Gasteiger partial charge in [0.2, 0.25) is 0 Å². The number of hydrogen-bond donors (Lipinski definition) is 1. The Hall–Kier alpha value is -2.30. The summed E-state index contributed by atoms with van der Waals surface area (Å²) in [5.74, 6) is 0.804. The lowest BCUT2D eigenvalue weighted by atomic mass is 10.0. The molecule has 4 nitrogen and oxygen atoms in total. The summed E-state index contributed by atoms with van der Waals surface area (Å²) in [6.07, 6.45) is 6.39. The van der Waals surface area contributed by atoms with Gasteiger partial charge >= 0.3 is 0 Å². The maximum atomic E-state index is 6.12. The van der Waals surface area contributed by atoms with Gasteiger partial charge < -0.3 is 15.0 Å². The highest BCUT2D eigenvalue weighted by atomic mass is 35.5. The van der Waals surface area contributed by atoms with Crippen LogP contribution in [0.15, 0.2) is 43.1 Å². The second kappa shape index (κ2) is 11.2. The number of allylic oxidation sites excluding steroid dienone is 1. The minimum Gasteiger partial charge on any atom is -0.372 e. The molecule has 2 atom stereocenters. The van der Waals surface area contributed by atoms with E-state index in [0.717, 1.165) is 47.0 Å². The molecular weight excluding hydrogens is 394 g/mol. The Balaban J connectivity index is 0.00000155. The van der Waals surface area contributed by atoms with Gasteiger partial charge in [-0.1, -0.05) is 50.2 Å². The molecule has 1 aromatic carbocycles. The SMILES string of the molecule is C=C(c1cnc(Nc2cccc(Cl)c2)c(/C=C\C)c1C)N1CC(C)OC(C)C1.CC. The first-order valence-corrected chi connectivity index (χ1v) is 11.0. The van der Waals surface area contributed by atoms with E-state index in [9.17, 15) is 0 Å². The fourth-order valence-corrected chi connectivity index (χ4v) is 3.84. The van der Waals surface area contributed by atoms with Crippen LogP contribution in [0.3, 0.4) is 0 Å². The number of ether oxygens (including phenoxy) is 1. The Morgan fingerprint density at radius 1 is 1.27 bits per heavy atom. The lowest BCUT2D eigenvalue weighted by molar-refractivity contribution is -0.0508. The average molecular weight is 428 g/mol. The summed E-state index contributed by atoms with van der Waals surface area (Å²) < 4.78 is 5.86. The molecule has 0 aliphatic carbocycles. The van der Waals surface area contributed by atoms with Gasteiger partial charge in [0.1, 0.15) is 5.82 Å². The second-order valence-corrected chi connectivity index (χ2v) is 7.74. The van der Waals surface area contributed by atoms with Gasteiger partial charge in [0.15, 0.2) is 0 Å². The summed E-state index contributed by atoms with van der Waals surface area (Å²) >= 11 is 6.12. The van der Waals surface area contributed by atoms with Crippen LogP contribution in [0.25, 0.3) is 11.8 Å². The van der Waals surface area contributed by atoms with Crippen molar-refractivity contribution in [1.29, 1.82) is 0 Å². The molecule has 1 N–H and O–H groups in total. The van der Waals surface area contributed by atoms with Crippen LogP contribution in [0.2, 0.25) is 5.02 Å². The van der Waals surface area contributed by atoms with Crippen LogP contribution in [0.1, 0.15) is 51.3 Å². The van der Waals surface area contributed by atoms with E-state index >= 15 is 0 Å². The molecule has 2 aromatic rings. The molecule has 0 saturated carbocycles. The molecule has 3 rings (SSSR count). The summed E-state index contributed by atoms with van der Waals surface area (Å²) in [7, 11) is 0. The monoisotopic (exact) mass is 427 g/mol. The van der Waals surface area contributed by atoms with Crippen LogP contribution in [-0.4, -0.2) is 35.2 Å². The summed E-state index contributed by atoms with van der Waals surface area (Å²) in [5, 5.41) is 4.08. The number of morpholine rings is 1. The Morgan fingerprint density at radius 3 is 2.53 bits per heavy atom. The molecule has 1 aliphatic rings. The number of nitrogens with one attached hydrogen (secondary N) is 1. The Kier molecular flexibility index (Phi) is 8.94. The third-order valence-electron chi connectivity index (χ3n) is 4.92. The van der Waals surface area contributed by atoms with Crippen molar-refractivity contribution in [2.24, 2.45) is 0 Å². The number of anilines is 2. The third-order valence-corrected chi connectivity index (χ3v) is 5.15. The van der Waals surface area contributed by atoms with Crippen LogP contribution in [0.4, 0.5) is 11.5 Å². The summed E-state index contributed by atoms with van der Waals surface area (Å²) in [6.45, 7) is 18.4. The Labute approximate surface area is 186 Å². The highest BCUT2D eigenvalue weighted by Crippen LogP contribution is 2.31. The first-order valence-electron chi connectivity index (χ1n) is 10.6. The summed E-state index contributed by atoms with van der Waals surface area (Å²) in [4.78, 5) is 7.01. The lowest BCUT2D eigenvalue weighted by Gasteiger charge is -2.38. The maximum Gasteiger partial charge on any atom is 0.137 e. The van der Waals surface area contributed by atoms with Crippen molar-refractivity contribution in [3.05, 3.63) is 64.8 Å². The van der Waals surface area contributed by atoms with E-state index < -0.39 is 0 Å². The van der Waals surface area contributed by atoms with Crippen molar-refractivity contribution in [1.82, 2.24) is 9.88 Å². The molecule has 0 spiro atoms. The second-order valence-electron chi connectivity index (χ2n) is 7.30. The normalized spacial score (nSPS) is 18.7. The highest BCUT2D eigenvalue weighted by Gasteiger charge is 2.25. The molecule has 5 heteroatoms. The number of rotatable bonds is 5. The lowest BCUT2D eigenvalue weighted by Crippen LogP contribution is -2.44. The van der Waals surface area contributed by atoms with E-state index in [4.69, 9.17) is 21.3 Å². The fourth-order valence-electron chi connectivity index (χ4n) is 3.65. The van der Waals surface area contributed by atoms with Crippen LogP contribution < -0.4 is 5.32 Å². The van der Waals surface area contributed by atoms with Crippen molar-refractivity contribution < 1.29 is 4.74 Å². The maximum absolute atomic E-state index is 6.12. The quantitative estimate of drug-likeness (QED) is 0.561. The Morgan fingerprint density at radius 2 is 1.93 bits per heavy atom. The van der Waals surface area contributed by atoms with E-state index in [1.807, 2.05) is 57.3 Å². The molecule has 162 valence electrons. The minimum atomic E-state index is 0.188. The van der Waals surface area contributed by atoms with E-state index in [-0.39, 0.29) is 12.2 Å². The van der Waals surface area contributed by atoms with Crippen LogP contribution in [-0.2, 0) is 4.74 Å². The molecule has 30 heavy (non-hydrogen) atoms. The molecule has 1 saturated heterocycles. The van der Waals surface area contributed by atoms with Crippen molar-refractivity contribution in [3.8, 4) is 0 Å². The zero-order chi connectivity index (χ0) is 22.3. The smallest absolute Gasteiger partial charge is 0.137 e. The van der Waals surface area contributed by atoms with Crippen molar-refractivity contribution in [3.63, 3.8) is 0 Å². The van der Waals surface area contributed by atoms with Gasteiger partial charge in [-0.05, 0) is 51.5 Å². The standard InChI is InChI=1S/C23H28ClN3O.C2H6/c1-6-8-21-17(4)22(18(5)27-13-15(2)28-16(3)14-27)12-25-23(21)26-20-10-7-9-19(24)11-20;1-2/h6-12,15-16H,5,13-14H2,1-4H3,(H,25,26);1-2H3/b8-6-;. The molecule has 1 aromatic heterocycles. The summed E-state index contributed by atoms with van der Waals surface area (Å²) in [5.41, 5.74) is 5.16. The molecule has 0 bridgehead atoms. The number of pyridine rings is 1. The molecule has 2 heterocycles. The predicted octanol–water partition coefficient (Wildman–Crippen LogP) is 6.93. The molecule has 0 amide bonds. The molecular formula is C25H34ClN3O. The molecule has 1 aliphatic heterocycles. The first kappa shape index (κ1) is 24.0. The molecule has 1 fully saturated rings. The number of halogens is 1. The summed E-state index contributed by atoms with van der Waals surface area (Å²) in [6, 6.07) is 7.65. The van der Waals surface area contributed by atoms with E-state index in [0.29, 0.717) is 5.02 Å². The van der Waals surface area contributed by atoms with Gasteiger partial charge in [0.25, 0.3) is 0 Å². The number of nitrogens with zero attached hydrogens (tertiary/aromatic N) is 2. The molecule has 2 unspecified atom stereocenters. The van der Waals surface area contributed by atoms with Crippen LogP contribution in [0.5, 0.6) is 0 Å². The Bertz CT molecular complexity index is 884. The van der Waals surface area contributed by atoms with Gasteiger partial charge in [-0.2, -0.15) is 0 Å². The van der Waals surface area contributed by atoms with E-state index in [2.05, 4.69) is 43.6 Å². The van der Waals surface area contributed by atoms with E-state index in [1.54, 1.807) is 0 Å². The van der Waals surface area contributed by atoms with Gasteiger partial charge in [-0.15, -0.1) is 0 Å². The predicted molar refractivity (Wildman–Crippen MR) is 130 cm³/mol.